The van der Waals surface area contributed by atoms with Crippen LogP contribution in [0, 0.1) is 0 Å². The molecule has 2 N–H and O–H groups in total. The minimum atomic E-state index is 0.429. The fourth-order valence-electron chi connectivity index (χ4n) is 1.71. The second kappa shape index (κ2) is 7.81. The maximum absolute atomic E-state index is 5.48. The van der Waals surface area contributed by atoms with Gasteiger partial charge >= 0.3 is 0 Å². The van der Waals surface area contributed by atoms with Crippen molar-refractivity contribution in [2.45, 2.75) is 38.3 Å². The Kier molecular flexibility index (Phi) is 6.68. The third kappa shape index (κ3) is 5.09. The van der Waals surface area contributed by atoms with Gasteiger partial charge in [0.05, 0.1) is 6.10 Å². The minimum absolute atomic E-state index is 0.429. The SMILES string of the molecule is CCOC1CC(NC(=S)NCCCOC)C1. The molecule has 0 saturated heterocycles. The van der Waals surface area contributed by atoms with E-state index in [1.54, 1.807) is 7.11 Å². The molecule has 16 heavy (non-hydrogen) atoms. The van der Waals surface area contributed by atoms with Gasteiger partial charge in [-0.25, -0.2) is 0 Å². The predicted molar refractivity (Wildman–Crippen MR) is 68.7 cm³/mol. The third-order valence-corrected chi connectivity index (χ3v) is 2.91. The molecular weight excluding hydrogens is 224 g/mol. The number of nitrogens with one attached hydrogen (secondary N) is 2. The van der Waals surface area contributed by atoms with Gasteiger partial charge in [-0.2, -0.15) is 0 Å². The first-order valence-corrected chi connectivity index (χ1v) is 6.32. The predicted octanol–water partition coefficient (Wildman–Crippen LogP) is 1.05. The highest BCUT2D eigenvalue weighted by Gasteiger charge is 2.29. The highest BCUT2D eigenvalue weighted by molar-refractivity contribution is 7.80. The Morgan fingerprint density at radius 1 is 1.44 bits per heavy atom. The summed E-state index contributed by atoms with van der Waals surface area (Å²) in [6, 6.07) is 0.485. The van der Waals surface area contributed by atoms with Crippen LogP contribution in [0.1, 0.15) is 26.2 Å². The van der Waals surface area contributed by atoms with E-state index in [4.69, 9.17) is 21.7 Å². The van der Waals surface area contributed by atoms with Crippen LogP contribution >= 0.6 is 12.2 Å². The molecule has 0 bridgehead atoms. The van der Waals surface area contributed by atoms with Gasteiger partial charge in [-0.3, -0.25) is 0 Å². The Morgan fingerprint density at radius 3 is 2.81 bits per heavy atom. The molecule has 0 atom stereocenters. The smallest absolute Gasteiger partial charge is 0.166 e. The Hall–Kier alpha value is -0.390. The van der Waals surface area contributed by atoms with E-state index < -0.39 is 0 Å². The lowest BCUT2D eigenvalue weighted by atomic mass is 9.89. The highest BCUT2D eigenvalue weighted by Crippen LogP contribution is 2.22. The van der Waals surface area contributed by atoms with E-state index in [1.807, 2.05) is 6.92 Å². The average Bonchev–Trinajstić information content (AvgIpc) is 2.21. The quantitative estimate of drug-likeness (QED) is 0.519. The Balaban J connectivity index is 1.95. The van der Waals surface area contributed by atoms with Gasteiger partial charge in [0.25, 0.3) is 0 Å². The second-order valence-corrected chi connectivity index (χ2v) is 4.40. The van der Waals surface area contributed by atoms with E-state index in [0.29, 0.717) is 12.1 Å². The van der Waals surface area contributed by atoms with Crippen LogP contribution in [-0.2, 0) is 9.47 Å². The van der Waals surface area contributed by atoms with Crippen molar-refractivity contribution in [3.05, 3.63) is 0 Å². The van der Waals surface area contributed by atoms with E-state index in [1.165, 1.54) is 0 Å². The molecule has 0 radical (unpaired) electrons. The first kappa shape index (κ1) is 13.7. The number of hydrogen-bond acceptors (Lipinski definition) is 3. The van der Waals surface area contributed by atoms with Crippen LogP contribution in [0.25, 0.3) is 0 Å². The monoisotopic (exact) mass is 246 g/mol. The molecule has 0 aromatic heterocycles. The maximum Gasteiger partial charge on any atom is 0.166 e. The largest absolute Gasteiger partial charge is 0.385 e. The fraction of sp³-hybridized carbons (Fsp3) is 0.909. The minimum Gasteiger partial charge on any atom is -0.385 e. The van der Waals surface area contributed by atoms with Crippen LogP contribution in [0.2, 0.25) is 0 Å². The van der Waals surface area contributed by atoms with Crippen molar-refractivity contribution in [1.82, 2.24) is 10.6 Å². The standard InChI is InChI=1S/C11H22N2O2S/c1-3-15-10-7-9(8-10)13-11(16)12-5-4-6-14-2/h9-10H,3-8H2,1-2H3,(H2,12,13,16). The summed E-state index contributed by atoms with van der Waals surface area (Å²) in [4.78, 5) is 0. The van der Waals surface area contributed by atoms with Gasteiger partial charge in [-0.1, -0.05) is 0 Å². The zero-order chi connectivity index (χ0) is 11.8. The first-order valence-electron chi connectivity index (χ1n) is 5.91. The van der Waals surface area contributed by atoms with Gasteiger partial charge < -0.3 is 20.1 Å². The van der Waals surface area contributed by atoms with Crippen molar-refractivity contribution in [2.24, 2.45) is 0 Å². The van der Waals surface area contributed by atoms with Crippen LogP contribution in [0.4, 0.5) is 0 Å². The third-order valence-electron chi connectivity index (χ3n) is 2.64. The van der Waals surface area contributed by atoms with Crippen LogP contribution in [0.3, 0.4) is 0 Å². The van der Waals surface area contributed by atoms with Crippen molar-refractivity contribution in [3.8, 4) is 0 Å². The number of methoxy groups -OCH3 is 1. The van der Waals surface area contributed by atoms with Crippen molar-refractivity contribution < 1.29 is 9.47 Å². The second-order valence-electron chi connectivity index (χ2n) is 3.99. The molecule has 1 aliphatic rings. The number of ether oxygens (including phenoxy) is 2. The van der Waals surface area contributed by atoms with Crippen molar-refractivity contribution >= 4 is 17.3 Å². The van der Waals surface area contributed by atoms with Crippen LogP contribution < -0.4 is 10.6 Å². The zero-order valence-electron chi connectivity index (χ0n) is 10.1. The molecule has 4 nitrogen and oxygen atoms in total. The van der Waals surface area contributed by atoms with Gasteiger partial charge in [-0.15, -0.1) is 0 Å². The molecule has 0 spiro atoms. The summed E-state index contributed by atoms with van der Waals surface area (Å²) >= 11 is 5.18. The molecule has 1 fully saturated rings. The van der Waals surface area contributed by atoms with E-state index in [2.05, 4.69) is 10.6 Å². The summed E-state index contributed by atoms with van der Waals surface area (Å²) in [6.45, 7) is 4.46. The molecule has 0 heterocycles. The van der Waals surface area contributed by atoms with E-state index in [0.717, 1.165) is 44.1 Å². The molecule has 0 aromatic rings. The average molecular weight is 246 g/mol. The number of rotatable bonds is 7. The normalized spacial score (nSPS) is 23.6. The number of thiocarbonyl (C=S) groups is 1. The Bertz CT molecular complexity index is 208. The van der Waals surface area contributed by atoms with Gasteiger partial charge in [0.2, 0.25) is 0 Å². The number of hydrogen-bond donors (Lipinski definition) is 2. The van der Waals surface area contributed by atoms with E-state index in [9.17, 15) is 0 Å². The molecule has 0 amide bonds. The van der Waals surface area contributed by atoms with Gasteiger partial charge in [0, 0.05) is 32.9 Å². The molecule has 1 saturated carbocycles. The lowest BCUT2D eigenvalue weighted by Gasteiger charge is -2.36. The molecule has 1 rings (SSSR count). The van der Waals surface area contributed by atoms with Crippen LogP contribution in [0.15, 0.2) is 0 Å². The molecule has 1 aliphatic carbocycles. The fourth-order valence-corrected chi connectivity index (χ4v) is 1.98. The maximum atomic E-state index is 5.48. The molecule has 94 valence electrons. The van der Waals surface area contributed by atoms with Crippen LogP contribution in [0.5, 0.6) is 0 Å². The highest BCUT2D eigenvalue weighted by atomic mass is 32.1. The summed E-state index contributed by atoms with van der Waals surface area (Å²) in [5, 5.41) is 7.19. The molecule has 0 aliphatic heterocycles. The molecule has 0 aromatic carbocycles. The molecule has 5 heteroatoms. The Labute approximate surface area is 103 Å². The topological polar surface area (TPSA) is 42.5 Å². The summed E-state index contributed by atoms with van der Waals surface area (Å²) in [6.07, 6.45) is 3.53. The summed E-state index contributed by atoms with van der Waals surface area (Å²) in [5.41, 5.74) is 0. The zero-order valence-corrected chi connectivity index (χ0v) is 10.9. The van der Waals surface area contributed by atoms with E-state index in [-0.39, 0.29) is 0 Å². The molecule has 0 unspecified atom stereocenters. The van der Waals surface area contributed by atoms with Gasteiger partial charge in [0.15, 0.2) is 5.11 Å². The van der Waals surface area contributed by atoms with Gasteiger partial charge in [0.1, 0.15) is 0 Å². The summed E-state index contributed by atoms with van der Waals surface area (Å²) in [7, 11) is 1.71. The van der Waals surface area contributed by atoms with Crippen molar-refractivity contribution in [2.75, 3.05) is 26.9 Å². The van der Waals surface area contributed by atoms with Crippen molar-refractivity contribution in [3.63, 3.8) is 0 Å². The van der Waals surface area contributed by atoms with Crippen molar-refractivity contribution in [1.29, 1.82) is 0 Å². The summed E-state index contributed by atoms with van der Waals surface area (Å²) in [5.74, 6) is 0. The lowest BCUT2D eigenvalue weighted by molar-refractivity contribution is -0.00563. The van der Waals surface area contributed by atoms with Gasteiger partial charge in [-0.05, 0) is 38.4 Å². The lowest BCUT2D eigenvalue weighted by Crippen LogP contribution is -2.51. The van der Waals surface area contributed by atoms with Crippen LogP contribution in [-0.4, -0.2) is 44.1 Å². The Morgan fingerprint density at radius 2 is 2.19 bits per heavy atom. The first-order chi connectivity index (χ1) is 7.76. The van der Waals surface area contributed by atoms with E-state index >= 15 is 0 Å². The molecular formula is C11H22N2O2S. The summed E-state index contributed by atoms with van der Waals surface area (Å²) < 4.78 is 10.4.